The fourth-order valence-corrected chi connectivity index (χ4v) is 3.19. The van der Waals surface area contributed by atoms with Crippen LogP contribution in [0.1, 0.15) is 36.0 Å². The van der Waals surface area contributed by atoms with Gasteiger partial charge in [0.05, 0.1) is 10.6 Å². The number of aliphatic hydroxyl groups excluding tert-OH is 1. The van der Waals surface area contributed by atoms with Crippen molar-refractivity contribution in [3.8, 4) is 5.82 Å². The van der Waals surface area contributed by atoms with Crippen LogP contribution in [0.3, 0.4) is 0 Å². The normalized spacial score (nSPS) is 18.2. The number of hydrogen-bond acceptors (Lipinski definition) is 5. The summed E-state index contributed by atoms with van der Waals surface area (Å²) in [5, 5.41) is 17.0. The van der Waals surface area contributed by atoms with Gasteiger partial charge in [-0.15, -0.1) is 10.2 Å². The molecule has 1 N–H and O–H groups in total. The Kier molecular flexibility index (Phi) is 4.88. The minimum atomic E-state index is -0.0899. The molecule has 1 atom stereocenters. The molecule has 1 saturated heterocycles. The minimum absolute atomic E-state index is 0.0811. The molecule has 0 bridgehead atoms. The lowest BCUT2D eigenvalue weighted by atomic mass is 9.98. The second-order valence-corrected chi connectivity index (χ2v) is 5.97. The van der Waals surface area contributed by atoms with Gasteiger partial charge < -0.3 is 10.0 Å². The molecule has 1 unspecified atom stereocenters. The summed E-state index contributed by atoms with van der Waals surface area (Å²) >= 11 is 6.25. The van der Waals surface area contributed by atoms with E-state index in [1.54, 1.807) is 10.6 Å². The summed E-state index contributed by atoms with van der Waals surface area (Å²) in [5.41, 5.74) is 0.455. The van der Waals surface area contributed by atoms with Crippen molar-refractivity contribution >= 4 is 17.5 Å². The summed E-state index contributed by atoms with van der Waals surface area (Å²) in [4.78, 5) is 18.8. The Morgan fingerprint density at radius 3 is 2.83 bits per heavy atom. The van der Waals surface area contributed by atoms with E-state index in [9.17, 15) is 9.90 Å². The molecule has 1 aliphatic heterocycles. The van der Waals surface area contributed by atoms with Crippen molar-refractivity contribution in [1.29, 1.82) is 0 Å². The van der Waals surface area contributed by atoms with Gasteiger partial charge in [0.25, 0.3) is 5.91 Å². The van der Waals surface area contributed by atoms with E-state index < -0.39 is 0 Å². The first-order valence-electron chi connectivity index (χ1n) is 7.63. The highest BCUT2D eigenvalue weighted by molar-refractivity contribution is 6.32. The van der Waals surface area contributed by atoms with Crippen molar-refractivity contribution < 1.29 is 9.90 Å². The lowest BCUT2D eigenvalue weighted by molar-refractivity contribution is 0.0574. The smallest absolute Gasteiger partial charge is 0.255 e. The molecule has 0 aliphatic carbocycles. The van der Waals surface area contributed by atoms with Crippen molar-refractivity contribution in [2.45, 2.75) is 31.7 Å². The number of rotatable bonds is 4. The first kappa shape index (κ1) is 15.9. The van der Waals surface area contributed by atoms with Crippen LogP contribution in [0.5, 0.6) is 0 Å². The summed E-state index contributed by atoms with van der Waals surface area (Å²) in [7, 11) is 0. The fraction of sp³-hybridized carbons (Fsp3) is 0.467. The number of pyridine rings is 1. The Bertz CT molecular complexity index is 675. The largest absolute Gasteiger partial charge is 0.396 e. The number of halogens is 1. The third kappa shape index (κ3) is 3.35. The van der Waals surface area contributed by atoms with Crippen LogP contribution in [0.4, 0.5) is 0 Å². The van der Waals surface area contributed by atoms with Crippen molar-refractivity contribution in [3.63, 3.8) is 0 Å². The number of nitrogens with zero attached hydrogens (tertiary/aromatic N) is 5. The number of aromatic nitrogens is 4. The Balaban J connectivity index is 1.83. The molecule has 7 nitrogen and oxygen atoms in total. The van der Waals surface area contributed by atoms with E-state index in [0.717, 1.165) is 19.3 Å². The lowest BCUT2D eigenvalue weighted by Crippen LogP contribution is -2.44. The summed E-state index contributed by atoms with van der Waals surface area (Å²) in [6.07, 6.45) is 8.11. The van der Waals surface area contributed by atoms with Gasteiger partial charge in [-0.2, -0.15) is 0 Å². The lowest BCUT2D eigenvalue weighted by Gasteiger charge is -2.35. The number of piperidine rings is 1. The van der Waals surface area contributed by atoms with Crippen LogP contribution in [0.2, 0.25) is 5.02 Å². The topological polar surface area (TPSA) is 84.1 Å². The molecule has 122 valence electrons. The molecular formula is C15H18ClN5O2. The van der Waals surface area contributed by atoms with Crippen LogP contribution in [-0.4, -0.2) is 54.9 Å². The molecule has 0 radical (unpaired) electrons. The van der Waals surface area contributed by atoms with E-state index in [-0.39, 0.29) is 18.6 Å². The van der Waals surface area contributed by atoms with Crippen LogP contribution >= 0.6 is 11.6 Å². The summed E-state index contributed by atoms with van der Waals surface area (Å²) in [6, 6.07) is 1.70. The Morgan fingerprint density at radius 1 is 1.35 bits per heavy atom. The molecular weight excluding hydrogens is 318 g/mol. The second-order valence-electron chi connectivity index (χ2n) is 5.56. The molecule has 3 heterocycles. The summed E-state index contributed by atoms with van der Waals surface area (Å²) in [6.45, 7) is 0.786. The summed E-state index contributed by atoms with van der Waals surface area (Å²) < 4.78 is 1.59. The SMILES string of the molecule is O=C(c1cnc(-n2cnnc2)c(Cl)c1)N1CCCCC1CCO. The predicted molar refractivity (Wildman–Crippen MR) is 84.5 cm³/mol. The highest BCUT2D eigenvalue weighted by atomic mass is 35.5. The van der Waals surface area contributed by atoms with Crippen LogP contribution < -0.4 is 0 Å². The molecule has 0 spiro atoms. The number of hydrogen-bond donors (Lipinski definition) is 1. The quantitative estimate of drug-likeness (QED) is 0.919. The maximum atomic E-state index is 12.7. The van der Waals surface area contributed by atoms with Gasteiger partial charge in [0.15, 0.2) is 5.82 Å². The van der Waals surface area contributed by atoms with Gasteiger partial charge in [0.2, 0.25) is 0 Å². The Labute approximate surface area is 138 Å². The first-order valence-corrected chi connectivity index (χ1v) is 8.01. The number of aliphatic hydroxyl groups is 1. The van der Waals surface area contributed by atoms with Crippen LogP contribution in [-0.2, 0) is 0 Å². The van der Waals surface area contributed by atoms with Crippen molar-refractivity contribution in [3.05, 3.63) is 35.5 Å². The average Bonchev–Trinajstić information content (AvgIpc) is 3.09. The van der Waals surface area contributed by atoms with Crippen LogP contribution in [0.25, 0.3) is 5.82 Å². The molecule has 1 amide bonds. The van der Waals surface area contributed by atoms with E-state index >= 15 is 0 Å². The van der Waals surface area contributed by atoms with Crippen LogP contribution in [0, 0.1) is 0 Å². The van der Waals surface area contributed by atoms with Gasteiger partial charge in [0, 0.05) is 25.4 Å². The number of amides is 1. The van der Waals surface area contributed by atoms with Gasteiger partial charge in [-0.3, -0.25) is 9.36 Å². The monoisotopic (exact) mass is 335 g/mol. The molecule has 1 aliphatic rings. The zero-order valence-electron chi connectivity index (χ0n) is 12.6. The van der Waals surface area contributed by atoms with Crippen molar-refractivity contribution in [2.75, 3.05) is 13.2 Å². The molecule has 8 heteroatoms. The van der Waals surface area contributed by atoms with E-state index in [1.807, 2.05) is 4.90 Å². The number of likely N-dealkylation sites (tertiary alicyclic amines) is 1. The minimum Gasteiger partial charge on any atom is -0.396 e. The zero-order chi connectivity index (χ0) is 16.2. The zero-order valence-corrected chi connectivity index (χ0v) is 13.4. The average molecular weight is 336 g/mol. The molecule has 3 rings (SSSR count). The van der Waals surface area contributed by atoms with Crippen LogP contribution in [0.15, 0.2) is 24.9 Å². The fourth-order valence-electron chi connectivity index (χ4n) is 2.93. The van der Waals surface area contributed by atoms with Crippen molar-refractivity contribution in [2.24, 2.45) is 0 Å². The third-order valence-corrected chi connectivity index (χ3v) is 4.36. The highest BCUT2D eigenvalue weighted by Crippen LogP contribution is 2.24. The maximum Gasteiger partial charge on any atom is 0.255 e. The molecule has 0 aromatic carbocycles. The molecule has 2 aromatic heterocycles. The van der Waals surface area contributed by atoms with Gasteiger partial charge in [-0.25, -0.2) is 4.98 Å². The van der Waals surface area contributed by atoms with Gasteiger partial charge in [0.1, 0.15) is 12.7 Å². The van der Waals surface area contributed by atoms with E-state index in [0.29, 0.717) is 29.4 Å². The van der Waals surface area contributed by atoms with E-state index in [1.165, 1.54) is 18.9 Å². The number of carbonyl (C=O) groups is 1. The summed E-state index contributed by atoms with van der Waals surface area (Å²) in [5.74, 6) is 0.395. The second kappa shape index (κ2) is 7.06. The Hall–Kier alpha value is -1.99. The molecule has 2 aromatic rings. The highest BCUT2D eigenvalue weighted by Gasteiger charge is 2.27. The third-order valence-electron chi connectivity index (χ3n) is 4.08. The maximum absolute atomic E-state index is 12.7. The molecule has 0 saturated carbocycles. The van der Waals surface area contributed by atoms with Gasteiger partial charge in [-0.1, -0.05) is 11.6 Å². The molecule has 1 fully saturated rings. The van der Waals surface area contributed by atoms with Gasteiger partial charge in [-0.05, 0) is 31.7 Å². The predicted octanol–water partition coefficient (Wildman–Crippen LogP) is 1.69. The van der Waals surface area contributed by atoms with Gasteiger partial charge >= 0.3 is 0 Å². The first-order chi connectivity index (χ1) is 11.2. The van der Waals surface area contributed by atoms with E-state index in [4.69, 9.17) is 11.6 Å². The Morgan fingerprint density at radius 2 is 2.13 bits per heavy atom. The molecule has 23 heavy (non-hydrogen) atoms. The van der Waals surface area contributed by atoms with E-state index in [2.05, 4.69) is 15.2 Å². The standard InChI is InChI=1S/C15H18ClN5O2/c16-13-7-11(8-17-14(13)20-9-18-19-10-20)15(23)21-5-2-1-3-12(21)4-6-22/h7-10,12,22H,1-6H2. The number of carbonyl (C=O) groups excluding carboxylic acids is 1. The van der Waals surface area contributed by atoms with Crippen molar-refractivity contribution in [1.82, 2.24) is 24.6 Å².